The van der Waals surface area contributed by atoms with Crippen LogP contribution in [0.1, 0.15) is 25.5 Å². The number of amides is 1. The first-order valence-corrected chi connectivity index (χ1v) is 6.63. The highest BCUT2D eigenvalue weighted by Crippen LogP contribution is 2.18. The summed E-state index contributed by atoms with van der Waals surface area (Å²) in [5.41, 5.74) is 0.786. The smallest absolute Gasteiger partial charge is 0.254 e. The summed E-state index contributed by atoms with van der Waals surface area (Å²) in [6.07, 6.45) is 1.47. The van der Waals surface area contributed by atoms with Crippen molar-refractivity contribution in [1.82, 2.24) is 9.47 Å². The van der Waals surface area contributed by atoms with Crippen LogP contribution >= 0.6 is 0 Å². The fourth-order valence-corrected chi connectivity index (χ4v) is 2.09. The molecule has 2 rings (SSSR count). The summed E-state index contributed by atoms with van der Waals surface area (Å²) in [4.78, 5) is 25.0. The number of likely N-dealkylation sites (tertiary alicyclic amines) is 1. The van der Waals surface area contributed by atoms with E-state index in [0.29, 0.717) is 25.3 Å². The molecule has 0 radical (unpaired) electrons. The van der Waals surface area contributed by atoms with Gasteiger partial charge in [-0.05, 0) is 19.4 Å². The molecule has 5 heteroatoms. The van der Waals surface area contributed by atoms with Crippen LogP contribution in [0.2, 0.25) is 0 Å². The lowest BCUT2D eigenvalue weighted by Gasteiger charge is -2.39. The summed E-state index contributed by atoms with van der Waals surface area (Å²) < 4.78 is 7.29. The highest BCUT2D eigenvalue weighted by atomic mass is 16.5. The number of hydrogen-bond donors (Lipinski definition) is 0. The molecule has 0 N–H and O–H groups in total. The van der Waals surface area contributed by atoms with E-state index in [1.165, 1.54) is 6.07 Å². The van der Waals surface area contributed by atoms with E-state index in [0.717, 1.165) is 12.1 Å². The number of aromatic nitrogens is 1. The number of carbonyl (C=O) groups is 1. The number of pyridine rings is 1. The van der Waals surface area contributed by atoms with Gasteiger partial charge in [-0.25, -0.2) is 0 Å². The van der Waals surface area contributed by atoms with Crippen molar-refractivity contribution in [2.75, 3.05) is 13.1 Å². The largest absolute Gasteiger partial charge is 0.486 e. The summed E-state index contributed by atoms with van der Waals surface area (Å²) in [6.45, 7) is 5.10. The molecule has 19 heavy (non-hydrogen) atoms. The van der Waals surface area contributed by atoms with E-state index in [9.17, 15) is 9.59 Å². The van der Waals surface area contributed by atoms with E-state index in [1.54, 1.807) is 16.5 Å². The molecular weight excluding hydrogens is 244 g/mol. The summed E-state index contributed by atoms with van der Waals surface area (Å²) >= 11 is 0. The Morgan fingerprint density at radius 3 is 2.68 bits per heavy atom. The first kappa shape index (κ1) is 13.6. The minimum absolute atomic E-state index is 0.00677. The molecule has 104 valence electrons. The molecule has 0 saturated carbocycles. The van der Waals surface area contributed by atoms with Gasteiger partial charge < -0.3 is 14.2 Å². The molecule has 0 bridgehead atoms. The molecule has 0 aromatic carbocycles. The van der Waals surface area contributed by atoms with E-state index < -0.39 is 0 Å². The molecule has 1 saturated heterocycles. The molecule has 1 fully saturated rings. The van der Waals surface area contributed by atoms with Crippen molar-refractivity contribution >= 4 is 5.91 Å². The van der Waals surface area contributed by atoms with Crippen molar-refractivity contribution in [3.63, 3.8) is 0 Å². The Morgan fingerprint density at radius 2 is 2.11 bits per heavy atom. The van der Waals surface area contributed by atoms with E-state index in [2.05, 4.69) is 0 Å². The maximum absolute atomic E-state index is 11.6. The topological polar surface area (TPSA) is 51.5 Å². The first-order chi connectivity index (χ1) is 9.01. The summed E-state index contributed by atoms with van der Waals surface area (Å²) in [5, 5.41) is 0. The lowest BCUT2D eigenvalue weighted by atomic mass is 10.1. The number of aryl methyl sites for hydroxylation is 1. The second kappa shape index (κ2) is 5.47. The third-order valence-corrected chi connectivity index (χ3v) is 3.44. The quantitative estimate of drug-likeness (QED) is 0.818. The molecule has 1 aromatic rings. The molecule has 1 aliphatic heterocycles. The van der Waals surface area contributed by atoms with E-state index in [1.807, 2.05) is 19.9 Å². The Balaban J connectivity index is 1.91. The van der Waals surface area contributed by atoms with Crippen LogP contribution in [0, 0.1) is 6.92 Å². The minimum atomic E-state index is -0.0757. The van der Waals surface area contributed by atoms with Crippen LogP contribution < -0.4 is 10.3 Å². The average molecular weight is 264 g/mol. The molecule has 0 aliphatic carbocycles. The predicted octanol–water partition coefficient (Wildman–Crippen LogP) is 1.08. The highest BCUT2D eigenvalue weighted by molar-refractivity contribution is 5.77. The second-order valence-corrected chi connectivity index (χ2v) is 5.02. The van der Waals surface area contributed by atoms with Crippen LogP contribution in [-0.4, -0.2) is 34.6 Å². The van der Waals surface area contributed by atoms with Crippen molar-refractivity contribution in [3.8, 4) is 5.75 Å². The SMILES string of the molecule is CCCC(=O)N1CC(Oc2cc(C)n(C)c(=O)c2)C1. The van der Waals surface area contributed by atoms with Gasteiger partial charge in [-0.3, -0.25) is 9.59 Å². The van der Waals surface area contributed by atoms with Gasteiger partial charge in [0.25, 0.3) is 5.56 Å². The summed E-state index contributed by atoms with van der Waals surface area (Å²) in [6, 6.07) is 3.33. The lowest BCUT2D eigenvalue weighted by Crippen LogP contribution is -2.56. The Labute approximate surface area is 112 Å². The molecule has 0 spiro atoms. The first-order valence-electron chi connectivity index (χ1n) is 6.63. The Bertz CT molecular complexity index is 530. The van der Waals surface area contributed by atoms with Gasteiger partial charge in [0.2, 0.25) is 5.91 Å². The maximum Gasteiger partial charge on any atom is 0.254 e. The normalized spacial score (nSPS) is 15.2. The van der Waals surface area contributed by atoms with Gasteiger partial charge in [-0.2, -0.15) is 0 Å². The van der Waals surface area contributed by atoms with Gasteiger partial charge in [0.15, 0.2) is 0 Å². The third kappa shape index (κ3) is 2.97. The van der Waals surface area contributed by atoms with Crippen molar-refractivity contribution in [3.05, 3.63) is 28.2 Å². The van der Waals surface area contributed by atoms with Crippen molar-refractivity contribution in [1.29, 1.82) is 0 Å². The molecule has 1 amide bonds. The van der Waals surface area contributed by atoms with Crippen LogP contribution in [0.15, 0.2) is 16.9 Å². The van der Waals surface area contributed by atoms with Crippen molar-refractivity contribution in [2.45, 2.75) is 32.8 Å². The lowest BCUT2D eigenvalue weighted by molar-refractivity contribution is -0.140. The molecule has 1 aromatic heterocycles. The van der Waals surface area contributed by atoms with Gasteiger partial charge in [0.1, 0.15) is 11.9 Å². The fraction of sp³-hybridized carbons (Fsp3) is 0.571. The van der Waals surface area contributed by atoms with Crippen LogP contribution in [0.3, 0.4) is 0 Å². The van der Waals surface area contributed by atoms with Crippen LogP contribution in [-0.2, 0) is 11.8 Å². The molecular formula is C14H20N2O3. The van der Waals surface area contributed by atoms with Gasteiger partial charge in [0.05, 0.1) is 13.1 Å². The van der Waals surface area contributed by atoms with Gasteiger partial charge in [-0.1, -0.05) is 6.92 Å². The standard InChI is InChI=1S/C14H20N2O3/c1-4-5-13(17)16-8-12(9-16)19-11-6-10(2)15(3)14(18)7-11/h6-7,12H,4-5,8-9H2,1-3H3. The third-order valence-electron chi connectivity index (χ3n) is 3.44. The molecule has 5 nitrogen and oxygen atoms in total. The Kier molecular flexibility index (Phi) is 3.93. The van der Waals surface area contributed by atoms with Crippen molar-refractivity contribution in [2.24, 2.45) is 7.05 Å². The monoisotopic (exact) mass is 264 g/mol. The zero-order valence-electron chi connectivity index (χ0n) is 11.7. The molecule has 1 aliphatic rings. The minimum Gasteiger partial charge on any atom is -0.486 e. The zero-order valence-corrected chi connectivity index (χ0v) is 11.7. The maximum atomic E-state index is 11.6. The molecule has 0 unspecified atom stereocenters. The van der Waals surface area contributed by atoms with Gasteiger partial charge >= 0.3 is 0 Å². The number of rotatable bonds is 4. The van der Waals surface area contributed by atoms with E-state index >= 15 is 0 Å². The number of hydrogen-bond acceptors (Lipinski definition) is 3. The van der Waals surface area contributed by atoms with Gasteiger partial charge in [-0.15, -0.1) is 0 Å². The van der Waals surface area contributed by atoms with Crippen molar-refractivity contribution < 1.29 is 9.53 Å². The molecule has 0 atom stereocenters. The number of carbonyl (C=O) groups excluding carboxylic acids is 1. The van der Waals surface area contributed by atoms with E-state index in [4.69, 9.17) is 4.74 Å². The number of ether oxygens (including phenoxy) is 1. The fourth-order valence-electron chi connectivity index (χ4n) is 2.09. The highest BCUT2D eigenvalue weighted by Gasteiger charge is 2.31. The molecule has 2 heterocycles. The Hall–Kier alpha value is -1.78. The number of nitrogens with zero attached hydrogens (tertiary/aromatic N) is 2. The van der Waals surface area contributed by atoms with Crippen LogP contribution in [0.5, 0.6) is 5.75 Å². The summed E-state index contributed by atoms with van der Waals surface area (Å²) in [5.74, 6) is 0.774. The van der Waals surface area contributed by atoms with Gasteiger partial charge in [0, 0.05) is 25.2 Å². The average Bonchev–Trinajstić information content (AvgIpc) is 2.30. The summed E-state index contributed by atoms with van der Waals surface area (Å²) in [7, 11) is 1.73. The van der Waals surface area contributed by atoms with Crippen LogP contribution in [0.25, 0.3) is 0 Å². The van der Waals surface area contributed by atoms with E-state index in [-0.39, 0.29) is 17.6 Å². The zero-order chi connectivity index (χ0) is 14.0. The Morgan fingerprint density at radius 1 is 1.42 bits per heavy atom. The predicted molar refractivity (Wildman–Crippen MR) is 72.3 cm³/mol. The van der Waals surface area contributed by atoms with Crippen LogP contribution in [0.4, 0.5) is 0 Å². The second-order valence-electron chi connectivity index (χ2n) is 5.02.